The van der Waals surface area contributed by atoms with E-state index in [2.05, 4.69) is 25.9 Å². The Morgan fingerprint density at radius 1 is 1.32 bits per heavy atom. The summed E-state index contributed by atoms with van der Waals surface area (Å²) in [5.41, 5.74) is 7.28. The summed E-state index contributed by atoms with van der Waals surface area (Å²) in [5, 5.41) is 19.3. The topological polar surface area (TPSA) is 134 Å². The Hall–Kier alpha value is -3.07. The number of nitrogens with one attached hydrogen (secondary N) is 3. The molecule has 1 fully saturated rings. The minimum atomic E-state index is -0.558. The fourth-order valence-corrected chi connectivity index (χ4v) is 3.47. The summed E-state index contributed by atoms with van der Waals surface area (Å²) >= 11 is 0. The van der Waals surface area contributed by atoms with E-state index in [0.29, 0.717) is 30.1 Å². The number of aromatic nitrogens is 2. The number of hydrogen-bond acceptors (Lipinski definition) is 8. The zero-order valence-corrected chi connectivity index (χ0v) is 15.4. The molecular weight excluding hydrogens is 360 g/mol. The summed E-state index contributed by atoms with van der Waals surface area (Å²) in [5.74, 6) is 0.934. The minimum Gasteiger partial charge on any atom is -0.489 e. The molecule has 6 N–H and O–H groups in total. The molecule has 0 saturated heterocycles. The number of β-amino-alcohol motifs (C(OH)–C–C–N with tert-alkyl or cyclic N) is 1. The van der Waals surface area contributed by atoms with Crippen LogP contribution in [0, 0.1) is 0 Å². The predicted octanol–water partition coefficient (Wildman–Crippen LogP) is 1.84. The van der Waals surface area contributed by atoms with E-state index in [-0.39, 0.29) is 12.2 Å². The van der Waals surface area contributed by atoms with Gasteiger partial charge in [-0.15, -0.1) is 0 Å². The molecule has 0 unspecified atom stereocenters. The van der Waals surface area contributed by atoms with Gasteiger partial charge in [-0.2, -0.15) is 4.98 Å². The third-order valence-electron chi connectivity index (χ3n) is 4.95. The summed E-state index contributed by atoms with van der Waals surface area (Å²) in [7, 11) is 0. The molecule has 1 aliphatic carbocycles. The monoisotopic (exact) mass is 384 g/mol. The van der Waals surface area contributed by atoms with E-state index in [1.165, 1.54) is 19.0 Å². The molecule has 9 nitrogen and oxygen atoms in total. The van der Waals surface area contributed by atoms with Crippen molar-refractivity contribution in [3.05, 3.63) is 30.0 Å². The number of hydrogen-bond donors (Lipinski definition) is 5. The number of aliphatic hydroxyl groups is 1. The highest BCUT2D eigenvalue weighted by Crippen LogP contribution is 2.31. The Labute approximate surface area is 162 Å². The van der Waals surface area contributed by atoms with Gasteiger partial charge in [0.1, 0.15) is 24.3 Å². The lowest BCUT2D eigenvalue weighted by atomic mass is 10.2. The van der Waals surface area contributed by atoms with Crippen molar-refractivity contribution in [1.29, 1.82) is 0 Å². The second kappa shape index (κ2) is 7.89. The van der Waals surface area contributed by atoms with Crippen molar-refractivity contribution in [3.63, 3.8) is 0 Å². The van der Waals surface area contributed by atoms with Crippen LogP contribution in [0.15, 0.2) is 24.4 Å². The first kappa shape index (κ1) is 18.3. The highest BCUT2D eigenvalue weighted by molar-refractivity contribution is 5.97. The van der Waals surface area contributed by atoms with Gasteiger partial charge >= 0.3 is 0 Å². The first-order valence-electron chi connectivity index (χ1n) is 9.47. The van der Waals surface area contributed by atoms with Gasteiger partial charge in [-0.25, -0.2) is 4.98 Å². The number of aliphatic hydroxyl groups excluding tert-OH is 1. The first-order valence-corrected chi connectivity index (χ1v) is 9.47. The lowest BCUT2D eigenvalue weighted by Crippen LogP contribution is -2.23. The lowest BCUT2D eigenvalue weighted by molar-refractivity contribution is 0.100. The van der Waals surface area contributed by atoms with Crippen molar-refractivity contribution in [3.8, 4) is 5.75 Å². The number of primary amides is 1. The third kappa shape index (κ3) is 4.09. The quantitative estimate of drug-likeness (QED) is 0.527. The zero-order chi connectivity index (χ0) is 19.5. The average molecular weight is 384 g/mol. The van der Waals surface area contributed by atoms with E-state index in [4.69, 9.17) is 10.5 Å². The van der Waals surface area contributed by atoms with E-state index < -0.39 is 12.0 Å². The molecule has 148 valence electrons. The summed E-state index contributed by atoms with van der Waals surface area (Å²) in [6.45, 7) is 0.663. The molecule has 1 atom stereocenters. The molecule has 1 amide bonds. The number of rotatable bonds is 5. The number of carbonyl (C=O) groups excluding carboxylic acids is 1. The van der Waals surface area contributed by atoms with Crippen molar-refractivity contribution < 1.29 is 14.6 Å². The fourth-order valence-electron chi connectivity index (χ4n) is 3.47. The van der Waals surface area contributed by atoms with Crippen molar-refractivity contribution in [2.75, 3.05) is 29.1 Å². The number of anilines is 4. The highest BCUT2D eigenvalue weighted by Gasteiger charge is 2.20. The van der Waals surface area contributed by atoms with Crippen LogP contribution in [0.1, 0.15) is 36.0 Å². The van der Waals surface area contributed by atoms with Crippen LogP contribution in [0.2, 0.25) is 0 Å². The minimum absolute atomic E-state index is 0.251. The molecule has 9 heteroatoms. The van der Waals surface area contributed by atoms with Gasteiger partial charge in [0, 0.05) is 24.5 Å². The molecule has 2 heterocycles. The van der Waals surface area contributed by atoms with Gasteiger partial charge in [0.15, 0.2) is 0 Å². The molecule has 1 aromatic heterocycles. The van der Waals surface area contributed by atoms with Crippen LogP contribution >= 0.6 is 0 Å². The molecule has 4 rings (SSSR count). The van der Waals surface area contributed by atoms with E-state index in [1.807, 2.05) is 18.2 Å². The molecule has 2 aliphatic rings. The fraction of sp³-hybridized carbons (Fsp3) is 0.421. The van der Waals surface area contributed by atoms with Gasteiger partial charge in [-0.05, 0) is 31.0 Å². The Morgan fingerprint density at radius 2 is 2.14 bits per heavy atom. The molecule has 2 aromatic rings. The molecule has 1 aromatic carbocycles. The van der Waals surface area contributed by atoms with Crippen LogP contribution in [0.25, 0.3) is 0 Å². The van der Waals surface area contributed by atoms with Crippen LogP contribution in [0.3, 0.4) is 0 Å². The van der Waals surface area contributed by atoms with Crippen molar-refractivity contribution >= 4 is 29.0 Å². The first-order chi connectivity index (χ1) is 13.6. The summed E-state index contributed by atoms with van der Waals surface area (Å²) in [6.07, 6.45) is 5.31. The second-order valence-corrected chi connectivity index (χ2v) is 7.13. The SMILES string of the molecule is NC(=O)c1cnc(Nc2ccc3c(c2)NC[C@H](O)CO3)nc1NC1CCCC1. The maximum atomic E-state index is 11.7. The molecular formula is C19H24N6O3. The number of ether oxygens (including phenoxy) is 1. The Bertz CT molecular complexity index is 869. The van der Waals surface area contributed by atoms with E-state index in [9.17, 15) is 9.90 Å². The molecule has 0 bridgehead atoms. The third-order valence-corrected chi connectivity index (χ3v) is 4.95. The summed E-state index contributed by atoms with van der Waals surface area (Å²) < 4.78 is 5.57. The largest absolute Gasteiger partial charge is 0.489 e. The van der Waals surface area contributed by atoms with Gasteiger partial charge in [-0.3, -0.25) is 4.79 Å². The number of fused-ring (bicyclic) bond motifs is 1. The van der Waals surface area contributed by atoms with Crippen LogP contribution in [0.5, 0.6) is 5.75 Å². The van der Waals surface area contributed by atoms with E-state index >= 15 is 0 Å². The molecule has 1 saturated carbocycles. The molecule has 1 aliphatic heterocycles. The molecule has 28 heavy (non-hydrogen) atoms. The van der Waals surface area contributed by atoms with E-state index in [1.54, 1.807) is 0 Å². The predicted molar refractivity (Wildman–Crippen MR) is 106 cm³/mol. The normalized spacial score (nSPS) is 19.1. The zero-order valence-electron chi connectivity index (χ0n) is 15.4. The number of nitrogens with two attached hydrogens (primary N) is 1. The number of nitrogens with zero attached hydrogens (tertiary/aromatic N) is 2. The number of carbonyl (C=O) groups is 1. The van der Waals surface area contributed by atoms with Crippen LogP contribution in [-0.4, -0.2) is 46.3 Å². The maximum Gasteiger partial charge on any atom is 0.254 e. The van der Waals surface area contributed by atoms with Gasteiger partial charge < -0.3 is 31.5 Å². The van der Waals surface area contributed by atoms with Crippen molar-refractivity contribution in [2.45, 2.75) is 37.8 Å². The Kier molecular flexibility index (Phi) is 5.16. The summed E-state index contributed by atoms with van der Waals surface area (Å²) in [4.78, 5) is 20.4. The standard InChI is InChI=1S/C19H24N6O3/c20-17(27)14-9-22-19(25-18(14)23-11-3-1-2-4-11)24-12-5-6-16-15(7-12)21-8-13(26)10-28-16/h5-7,9,11,13,21,26H,1-4,8,10H2,(H2,20,27)(H2,22,23,24,25)/t13-/m0/s1. The average Bonchev–Trinajstić information content (AvgIpc) is 3.11. The van der Waals surface area contributed by atoms with Gasteiger partial charge in [-0.1, -0.05) is 12.8 Å². The Balaban J connectivity index is 1.55. The number of amides is 1. The molecule has 0 radical (unpaired) electrons. The van der Waals surface area contributed by atoms with Crippen LogP contribution < -0.4 is 26.4 Å². The van der Waals surface area contributed by atoms with Gasteiger partial charge in [0.05, 0.1) is 11.3 Å². The maximum absolute atomic E-state index is 11.7. The van der Waals surface area contributed by atoms with Crippen molar-refractivity contribution in [2.24, 2.45) is 5.73 Å². The smallest absolute Gasteiger partial charge is 0.254 e. The van der Waals surface area contributed by atoms with Gasteiger partial charge in [0.25, 0.3) is 5.91 Å². The second-order valence-electron chi connectivity index (χ2n) is 7.13. The van der Waals surface area contributed by atoms with Crippen LogP contribution in [0.4, 0.5) is 23.1 Å². The lowest BCUT2D eigenvalue weighted by Gasteiger charge is -2.16. The molecule has 0 spiro atoms. The Morgan fingerprint density at radius 3 is 2.93 bits per heavy atom. The van der Waals surface area contributed by atoms with Crippen molar-refractivity contribution in [1.82, 2.24) is 9.97 Å². The highest BCUT2D eigenvalue weighted by atomic mass is 16.5. The van der Waals surface area contributed by atoms with Gasteiger partial charge in [0.2, 0.25) is 5.95 Å². The summed E-state index contributed by atoms with van der Waals surface area (Å²) in [6, 6.07) is 5.82. The van der Waals surface area contributed by atoms with Crippen LogP contribution in [-0.2, 0) is 0 Å². The van der Waals surface area contributed by atoms with E-state index in [0.717, 1.165) is 24.2 Å². The number of benzene rings is 1.